The van der Waals surface area contributed by atoms with E-state index in [2.05, 4.69) is 26.7 Å². The third-order valence-corrected chi connectivity index (χ3v) is 5.82. The first kappa shape index (κ1) is 19.4. The minimum atomic E-state index is -0.437. The van der Waals surface area contributed by atoms with Crippen LogP contribution in [-0.4, -0.2) is 45.6 Å². The molecule has 4 rings (SSSR count). The number of aromatic nitrogens is 2. The topological polar surface area (TPSA) is 79.3 Å². The molecule has 1 aromatic carbocycles. The Hall–Kier alpha value is -2.97. The summed E-state index contributed by atoms with van der Waals surface area (Å²) in [5.74, 6) is -0.203. The molecule has 150 valence electrons. The lowest BCUT2D eigenvalue weighted by molar-refractivity contribution is -0.134. The predicted molar refractivity (Wildman–Crippen MR) is 112 cm³/mol. The van der Waals surface area contributed by atoms with Crippen LogP contribution in [0.1, 0.15) is 16.9 Å². The number of nitrogens with one attached hydrogen (secondary N) is 2. The molecule has 2 aromatic heterocycles. The number of thiophene rings is 1. The van der Waals surface area contributed by atoms with Gasteiger partial charge in [0.1, 0.15) is 0 Å². The van der Waals surface area contributed by atoms with Gasteiger partial charge in [-0.3, -0.25) is 14.5 Å². The first-order valence-electron chi connectivity index (χ1n) is 9.59. The number of piperazine rings is 1. The number of carbonyl (C=O) groups is 2. The molecular weight excluding hydrogens is 386 g/mol. The van der Waals surface area contributed by atoms with E-state index in [1.807, 2.05) is 48.0 Å². The molecule has 8 heteroatoms. The Morgan fingerprint density at radius 3 is 2.83 bits per heavy atom. The molecule has 0 radical (unpaired) electrons. The van der Waals surface area contributed by atoms with E-state index in [-0.39, 0.29) is 18.2 Å². The van der Waals surface area contributed by atoms with Crippen LogP contribution in [-0.2, 0) is 22.7 Å². The van der Waals surface area contributed by atoms with Crippen molar-refractivity contribution in [3.05, 3.63) is 70.7 Å². The molecule has 0 spiro atoms. The second kappa shape index (κ2) is 9.02. The quantitative estimate of drug-likeness (QED) is 0.625. The molecule has 7 nitrogen and oxygen atoms in total. The van der Waals surface area contributed by atoms with Gasteiger partial charge in [0, 0.05) is 43.4 Å². The summed E-state index contributed by atoms with van der Waals surface area (Å²) >= 11 is 1.67. The van der Waals surface area contributed by atoms with Gasteiger partial charge in [-0.15, -0.1) is 11.3 Å². The van der Waals surface area contributed by atoms with Crippen LogP contribution >= 0.6 is 11.3 Å². The summed E-state index contributed by atoms with van der Waals surface area (Å²) in [4.78, 5) is 28.1. The average molecular weight is 410 g/mol. The highest BCUT2D eigenvalue weighted by Crippen LogP contribution is 2.17. The molecule has 3 heterocycles. The zero-order valence-electron chi connectivity index (χ0n) is 16.0. The Kier molecular flexibility index (Phi) is 6.02. The van der Waals surface area contributed by atoms with E-state index in [0.717, 1.165) is 17.8 Å². The van der Waals surface area contributed by atoms with Crippen molar-refractivity contribution in [2.75, 3.05) is 13.1 Å². The van der Waals surface area contributed by atoms with Gasteiger partial charge in [0.15, 0.2) is 0 Å². The summed E-state index contributed by atoms with van der Waals surface area (Å²) in [5, 5.41) is 12.0. The number of amides is 2. The van der Waals surface area contributed by atoms with Crippen LogP contribution in [0.3, 0.4) is 0 Å². The molecule has 0 bridgehead atoms. The van der Waals surface area contributed by atoms with E-state index in [1.165, 1.54) is 4.88 Å². The average Bonchev–Trinajstić information content (AvgIpc) is 3.44. The van der Waals surface area contributed by atoms with Gasteiger partial charge < -0.3 is 10.6 Å². The Balaban J connectivity index is 1.32. The minimum absolute atomic E-state index is 0.0773. The molecule has 1 unspecified atom stereocenters. The second-order valence-electron chi connectivity index (χ2n) is 6.95. The number of benzene rings is 1. The first-order valence-corrected chi connectivity index (χ1v) is 10.5. The second-order valence-corrected chi connectivity index (χ2v) is 7.99. The van der Waals surface area contributed by atoms with E-state index in [4.69, 9.17) is 0 Å². The molecule has 1 atom stereocenters. The molecule has 3 aromatic rings. The number of hydrogen-bond acceptors (Lipinski definition) is 5. The van der Waals surface area contributed by atoms with Gasteiger partial charge in [0.25, 0.3) is 0 Å². The Morgan fingerprint density at radius 1 is 1.24 bits per heavy atom. The monoisotopic (exact) mass is 409 g/mol. The van der Waals surface area contributed by atoms with Crippen molar-refractivity contribution >= 4 is 23.2 Å². The normalized spacial score (nSPS) is 17.1. The highest BCUT2D eigenvalue weighted by molar-refractivity contribution is 7.09. The van der Waals surface area contributed by atoms with Gasteiger partial charge in [-0.2, -0.15) is 5.10 Å². The summed E-state index contributed by atoms with van der Waals surface area (Å²) < 4.78 is 1.78. The first-order chi connectivity index (χ1) is 14.2. The lowest BCUT2D eigenvalue weighted by Gasteiger charge is -2.34. The Bertz CT molecular complexity index is 938. The summed E-state index contributed by atoms with van der Waals surface area (Å²) in [6.07, 6.45) is 3.77. The van der Waals surface area contributed by atoms with Crippen molar-refractivity contribution in [1.82, 2.24) is 25.3 Å². The fourth-order valence-electron chi connectivity index (χ4n) is 3.41. The molecule has 0 saturated carbocycles. The van der Waals surface area contributed by atoms with Crippen molar-refractivity contribution in [3.63, 3.8) is 0 Å². The zero-order chi connectivity index (χ0) is 20.1. The molecule has 1 aliphatic heterocycles. The van der Waals surface area contributed by atoms with E-state index in [1.54, 1.807) is 22.2 Å². The highest BCUT2D eigenvalue weighted by atomic mass is 32.1. The third-order valence-electron chi connectivity index (χ3n) is 4.95. The predicted octanol–water partition coefficient (Wildman–Crippen LogP) is 1.94. The van der Waals surface area contributed by atoms with Crippen molar-refractivity contribution in [1.29, 1.82) is 0 Å². The SMILES string of the molecule is O=C(CC1C(=O)NCCN1Cc1cccs1)NCc1ccc(-n2cccn2)cc1. The molecule has 1 saturated heterocycles. The maximum Gasteiger partial charge on any atom is 0.237 e. The largest absolute Gasteiger partial charge is 0.353 e. The van der Waals surface area contributed by atoms with Crippen LogP contribution in [0.25, 0.3) is 5.69 Å². The zero-order valence-corrected chi connectivity index (χ0v) is 16.8. The summed E-state index contributed by atoms with van der Waals surface area (Å²) in [7, 11) is 0. The van der Waals surface area contributed by atoms with Gasteiger partial charge in [0.05, 0.1) is 18.2 Å². The molecular formula is C21H23N5O2S. The number of hydrogen-bond donors (Lipinski definition) is 2. The van der Waals surface area contributed by atoms with Crippen molar-refractivity contribution < 1.29 is 9.59 Å². The smallest absolute Gasteiger partial charge is 0.237 e. The minimum Gasteiger partial charge on any atom is -0.353 e. The van der Waals surface area contributed by atoms with Crippen LogP contribution < -0.4 is 10.6 Å². The van der Waals surface area contributed by atoms with Crippen molar-refractivity contribution in [2.24, 2.45) is 0 Å². The fourth-order valence-corrected chi connectivity index (χ4v) is 4.14. The fraction of sp³-hybridized carbons (Fsp3) is 0.286. The molecule has 1 fully saturated rings. The van der Waals surface area contributed by atoms with Crippen LogP contribution in [0.2, 0.25) is 0 Å². The van der Waals surface area contributed by atoms with E-state index >= 15 is 0 Å². The Labute approximate surface area is 173 Å². The van der Waals surface area contributed by atoms with Gasteiger partial charge in [-0.1, -0.05) is 18.2 Å². The number of carbonyl (C=O) groups excluding carboxylic acids is 2. The summed E-state index contributed by atoms with van der Waals surface area (Å²) in [5.41, 5.74) is 1.96. The van der Waals surface area contributed by atoms with Gasteiger partial charge >= 0.3 is 0 Å². The molecule has 2 N–H and O–H groups in total. The number of nitrogens with zero attached hydrogens (tertiary/aromatic N) is 3. The van der Waals surface area contributed by atoms with Crippen molar-refractivity contribution in [3.8, 4) is 5.69 Å². The lowest BCUT2D eigenvalue weighted by Crippen LogP contribution is -2.56. The molecule has 29 heavy (non-hydrogen) atoms. The van der Waals surface area contributed by atoms with Crippen LogP contribution in [0, 0.1) is 0 Å². The van der Waals surface area contributed by atoms with Crippen LogP contribution in [0.5, 0.6) is 0 Å². The van der Waals surface area contributed by atoms with E-state index < -0.39 is 6.04 Å². The van der Waals surface area contributed by atoms with Gasteiger partial charge in [0.2, 0.25) is 11.8 Å². The van der Waals surface area contributed by atoms with Gasteiger partial charge in [-0.25, -0.2) is 4.68 Å². The third kappa shape index (κ3) is 4.90. The summed E-state index contributed by atoms with van der Waals surface area (Å²) in [6.45, 7) is 2.48. The number of rotatable bonds is 7. The van der Waals surface area contributed by atoms with Crippen LogP contribution in [0.4, 0.5) is 0 Å². The maximum absolute atomic E-state index is 12.5. The van der Waals surface area contributed by atoms with Crippen molar-refractivity contribution in [2.45, 2.75) is 25.6 Å². The molecule has 0 aliphatic carbocycles. The standard InChI is InChI=1S/C21H23N5O2S/c27-20(23-14-16-4-6-17(7-5-16)26-10-2-8-24-26)13-19-21(28)22-9-11-25(19)15-18-3-1-12-29-18/h1-8,10,12,19H,9,11,13-15H2,(H,22,28)(H,23,27). The van der Waals surface area contributed by atoms with E-state index in [9.17, 15) is 9.59 Å². The molecule has 1 aliphatic rings. The Morgan fingerprint density at radius 2 is 2.10 bits per heavy atom. The van der Waals surface area contributed by atoms with Crippen LogP contribution in [0.15, 0.2) is 60.2 Å². The molecule has 2 amide bonds. The maximum atomic E-state index is 12.5. The van der Waals surface area contributed by atoms with Gasteiger partial charge in [-0.05, 0) is 35.2 Å². The van der Waals surface area contributed by atoms with E-state index in [0.29, 0.717) is 19.6 Å². The lowest BCUT2D eigenvalue weighted by atomic mass is 10.1. The highest BCUT2D eigenvalue weighted by Gasteiger charge is 2.31. The summed E-state index contributed by atoms with van der Waals surface area (Å²) in [6, 6.07) is 13.4.